The van der Waals surface area contributed by atoms with E-state index in [4.69, 9.17) is 10.6 Å². The standard InChI is InChI=1S/C9H16N4O2/c1-3-4-5-9(2,8(14)15)11-6-7-12-13-10/h3,11H,1,4-7H2,2H3,(H,14,15). The van der Waals surface area contributed by atoms with Crippen molar-refractivity contribution in [2.45, 2.75) is 25.3 Å². The number of aliphatic carboxylic acids is 1. The van der Waals surface area contributed by atoms with Crippen LogP contribution in [0.2, 0.25) is 0 Å². The molecule has 6 nitrogen and oxygen atoms in total. The van der Waals surface area contributed by atoms with Crippen molar-refractivity contribution in [3.8, 4) is 0 Å². The van der Waals surface area contributed by atoms with Crippen LogP contribution in [0.4, 0.5) is 0 Å². The van der Waals surface area contributed by atoms with Crippen LogP contribution in [0.5, 0.6) is 0 Å². The number of nitrogens with one attached hydrogen (secondary N) is 1. The summed E-state index contributed by atoms with van der Waals surface area (Å²) in [4.78, 5) is 13.6. The molecule has 0 radical (unpaired) electrons. The number of azide groups is 1. The zero-order valence-corrected chi connectivity index (χ0v) is 8.81. The van der Waals surface area contributed by atoms with E-state index in [1.54, 1.807) is 13.0 Å². The Labute approximate surface area is 88.6 Å². The Bertz CT molecular complexity index is 273. The highest BCUT2D eigenvalue weighted by molar-refractivity contribution is 5.78. The summed E-state index contributed by atoms with van der Waals surface area (Å²) in [6, 6.07) is 0. The van der Waals surface area contributed by atoms with Crippen molar-refractivity contribution in [2.24, 2.45) is 5.11 Å². The van der Waals surface area contributed by atoms with Crippen LogP contribution in [0.3, 0.4) is 0 Å². The monoisotopic (exact) mass is 212 g/mol. The van der Waals surface area contributed by atoms with E-state index in [2.05, 4.69) is 21.9 Å². The summed E-state index contributed by atoms with van der Waals surface area (Å²) in [7, 11) is 0. The molecule has 1 atom stereocenters. The third-order valence-electron chi connectivity index (χ3n) is 2.11. The van der Waals surface area contributed by atoms with E-state index in [1.165, 1.54) is 0 Å². The fourth-order valence-corrected chi connectivity index (χ4v) is 1.09. The van der Waals surface area contributed by atoms with E-state index in [-0.39, 0.29) is 6.54 Å². The van der Waals surface area contributed by atoms with E-state index in [0.29, 0.717) is 19.4 Å². The molecular formula is C9H16N4O2. The normalized spacial score (nSPS) is 13.7. The molecule has 0 rings (SSSR count). The van der Waals surface area contributed by atoms with Gasteiger partial charge in [0.05, 0.1) is 0 Å². The summed E-state index contributed by atoms with van der Waals surface area (Å²) in [6.45, 7) is 5.75. The summed E-state index contributed by atoms with van der Waals surface area (Å²) in [5.41, 5.74) is 7.06. The van der Waals surface area contributed by atoms with Crippen LogP contribution in [0.1, 0.15) is 19.8 Å². The van der Waals surface area contributed by atoms with Crippen LogP contribution in [-0.2, 0) is 4.79 Å². The van der Waals surface area contributed by atoms with Crippen LogP contribution in [0.25, 0.3) is 10.4 Å². The average molecular weight is 212 g/mol. The Kier molecular flexibility index (Phi) is 6.17. The maximum absolute atomic E-state index is 11.0. The number of allylic oxidation sites excluding steroid dienone is 1. The second kappa shape index (κ2) is 6.86. The predicted octanol–water partition coefficient (Wildman–Crippen LogP) is 1.70. The molecule has 0 aliphatic heterocycles. The molecule has 2 N–H and O–H groups in total. The number of hydrogen-bond acceptors (Lipinski definition) is 3. The Morgan fingerprint density at radius 3 is 2.93 bits per heavy atom. The van der Waals surface area contributed by atoms with Crippen molar-refractivity contribution < 1.29 is 9.90 Å². The van der Waals surface area contributed by atoms with Crippen LogP contribution < -0.4 is 5.32 Å². The lowest BCUT2D eigenvalue weighted by Gasteiger charge is -2.25. The molecule has 0 aromatic heterocycles. The predicted molar refractivity (Wildman–Crippen MR) is 57.5 cm³/mol. The Morgan fingerprint density at radius 2 is 2.47 bits per heavy atom. The number of hydrogen-bond donors (Lipinski definition) is 2. The molecule has 1 unspecified atom stereocenters. The first kappa shape index (κ1) is 13.5. The number of carbonyl (C=O) groups is 1. The highest BCUT2D eigenvalue weighted by Crippen LogP contribution is 2.12. The van der Waals surface area contributed by atoms with Crippen molar-refractivity contribution in [2.75, 3.05) is 13.1 Å². The molecule has 0 heterocycles. The molecule has 0 aromatic rings. The third-order valence-corrected chi connectivity index (χ3v) is 2.11. The van der Waals surface area contributed by atoms with Crippen molar-refractivity contribution in [1.29, 1.82) is 0 Å². The van der Waals surface area contributed by atoms with E-state index in [1.807, 2.05) is 0 Å². The smallest absolute Gasteiger partial charge is 0.323 e. The van der Waals surface area contributed by atoms with Gasteiger partial charge in [-0.05, 0) is 25.3 Å². The summed E-state index contributed by atoms with van der Waals surface area (Å²) >= 11 is 0. The van der Waals surface area contributed by atoms with Crippen LogP contribution in [0, 0.1) is 0 Å². The van der Waals surface area contributed by atoms with E-state index >= 15 is 0 Å². The molecule has 0 aliphatic carbocycles. The van der Waals surface area contributed by atoms with Crippen LogP contribution in [0.15, 0.2) is 17.8 Å². The summed E-state index contributed by atoms with van der Waals surface area (Å²) in [5.74, 6) is -0.912. The molecule has 6 heteroatoms. The van der Waals surface area contributed by atoms with Gasteiger partial charge in [0, 0.05) is 18.0 Å². The lowest BCUT2D eigenvalue weighted by Crippen LogP contribution is -2.50. The van der Waals surface area contributed by atoms with Gasteiger partial charge in [-0.1, -0.05) is 11.2 Å². The number of carboxylic acid groups (broad SMARTS) is 1. The molecular weight excluding hydrogens is 196 g/mol. The van der Waals surface area contributed by atoms with Gasteiger partial charge in [0.15, 0.2) is 0 Å². The molecule has 0 fully saturated rings. The second-order valence-corrected chi connectivity index (χ2v) is 3.35. The van der Waals surface area contributed by atoms with Gasteiger partial charge in [0.1, 0.15) is 5.54 Å². The highest BCUT2D eigenvalue weighted by atomic mass is 16.4. The molecule has 0 saturated carbocycles. The van der Waals surface area contributed by atoms with Crippen LogP contribution >= 0.6 is 0 Å². The summed E-state index contributed by atoms with van der Waals surface area (Å²) < 4.78 is 0. The quantitative estimate of drug-likeness (QED) is 0.210. The molecule has 0 aromatic carbocycles. The topological polar surface area (TPSA) is 98.1 Å². The van der Waals surface area contributed by atoms with Gasteiger partial charge in [-0.25, -0.2) is 0 Å². The zero-order chi connectivity index (χ0) is 11.7. The van der Waals surface area contributed by atoms with Crippen molar-refractivity contribution in [3.63, 3.8) is 0 Å². The van der Waals surface area contributed by atoms with Gasteiger partial charge in [-0.2, -0.15) is 0 Å². The van der Waals surface area contributed by atoms with Gasteiger partial charge in [-0.15, -0.1) is 6.58 Å². The minimum absolute atomic E-state index is 0.244. The summed E-state index contributed by atoms with van der Waals surface area (Å²) in [5, 5.41) is 15.2. The lowest BCUT2D eigenvalue weighted by atomic mass is 9.96. The van der Waals surface area contributed by atoms with E-state index < -0.39 is 11.5 Å². The SMILES string of the molecule is C=CCCC(C)(NCCN=[N+]=[N-])C(=O)O. The second-order valence-electron chi connectivity index (χ2n) is 3.35. The van der Waals surface area contributed by atoms with Crippen molar-refractivity contribution in [1.82, 2.24) is 5.32 Å². The molecule has 0 bridgehead atoms. The Hall–Kier alpha value is -1.52. The zero-order valence-electron chi connectivity index (χ0n) is 8.81. The van der Waals surface area contributed by atoms with Gasteiger partial charge in [-0.3, -0.25) is 4.79 Å². The largest absolute Gasteiger partial charge is 0.480 e. The third kappa shape index (κ3) is 5.05. The van der Waals surface area contributed by atoms with Gasteiger partial charge in [0.2, 0.25) is 0 Å². The maximum atomic E-state index is 11.0. The van der Waals surface area contributed by atoms with E-state index in [9.17, 15) is 4.79 Å². The van der Waals surface area contributed by atoms with Crippen LogP contribution in [-0.4, -0.2) is 29.7 Å². The maximum Gasteiger partial charge on any atom is 0.323 e. The highest BCUT2D eigenvalue weighted by Gasteiger charge is 2.30. The number of nitrogens with zero attached hydrogens (tertiary/aromatic N) is 3. The first-order valence-electron chi connectivity index (χ1n) is 4.67. The Morgan fingerprint density at radius 1 is 1.80 bits per heavy atom. The molecule has 15 heavy (non-hydrogen) atoms. The van der Waals surface area contributed by atoms with Gasteiger partial charge >= 0.3 is 5.97 Å². The molecule has 0 spiro atoms. The average Bonchev–Trinajstić information content (AvgIpc) is 2.21. The number of rotatable bonds is 8. The molecule has 0 aliphatic rings. The minimum Gasteiger partial charge on any atom is -0.480 e. The Balaban J connectivity index is 4.18. The molecule has 84 valence electrons. The van der Waals surface area contributed by atoms with Gasteiger partial charge < -0.3 is 10.4 Å². The first-order chi connectivity index (χ1) is 7.06. The van der Waals surface area contributed by atoms with Gasteiger partial charge in [0.25, 0.3) is 0 Å². The molecule has 0 saturated heterocycles. The van der Waals surface area contributed by atoms with Crippen molar-refractivity contribution >= 4 is 5.97 Å². The fourth-order valence-electron chi connectivity index (χ4n) is 1.09. The van der Waals surface area contributed by atoms with Crippen molar-refractivity contribution in [3.05, 3.63) is 23.1 Å². The fraction of sp³-hybridized carbons (Fsp3) is 0.667. The minimum atomic E-state index is -0.987. The first-order valence-corrected chi connectivity index (χ1v) is 4.67. The summed E-state index contributed by atoms with van der Waals surface area (Å²) in [6.07, 6.45) is 2.76. The number of carboxylic acids is 1. The molecule has 0 amide bonds. The van der Waals surface area contributed by atoms with E-state index in [0.717, 1.165) is 0 Å². The lowest BCUT2D eigenvalue weighted by molar-refractivity contribution is -0.144.